The van der Waals surface area contributed by atoms with Crippen molar-refractivity contribution in [3.63, 3.8) is 0 Å². The summed E-state index contributed by atoms with van der Waals surface area (Å²) in [5, 5.41) is 6.99. The lowest BCUT2D eigenvalue weighted by Gasteiger charge is -2.47. The van der Waals surface area contributed by atoms with Gasteiger partial charge in [-0.2, -0.15) is 5.10 Å². The number of likely N-dealkylation sites (tertiary alicyclic amines) is 2. The van der Waals surface area contributed by atoms with Crippen molar-refractivity contribution < 1.29 is 0 Å². The maximum atomic E-state index is 6.38. The minimum absolute atomic E-state index is 0.422. The molecule has 0 spiro atoms. The van der Waals surface area contributed by atoms with Gasteiger partial charge >= 0.3 is 0 Å². The van der Waals surface area contributed by atoms with E-state index in [1.165, 1.54) is 12.8 Å². The van der Waals surface area contributed by atoms with Crippen molar-refractivity contribution in [1.82, 2.24) is 34.5 Å². The second-order valence-corrected chi connectivity index (χ2v) is 9.78. The highest BCUT2D eigenvalue weighted by Gasteiger charge is 2.35. The van der Waals surface area contributed by atoms with Crippen LogP contribution in [0.3, 0.4) is 0 Å². The Balaban J connectivity index is 1.04. The topological polar surface area (TPSA) is 65.9 Å². The molecule has 5 heterocycles. The van der Waals surface area contributed by atoms with Gasteiger partial charge in [0.15, 0.2) is 0 Å². The average molecular weight is 482 g/mol. The molecule has 0 bridgehead atoms. The Morgan fingerprint density at radius 2 is 1.88 bits per heavy atom. The van der Waals surface area contributed by atoms with Crippen LogP contribution in [0.4, 0.5) is 0 Å². The molecule has 9 heteroatoms. The first-order valence-electron chi connectivity index (χ1n) is 11.4. The molecule has 0 radical (unpaired) electrons. The van der Waals surface area contributed by atoms with Crippen molar-refractivity contribution in [2.45, 2.75) is 31.5 Å². The van der Waals surface area contributed by atoms with E-state index in [1.807, 2.05) is 30.6 Å². The largest absolute Gasteiger partial charge is 0.346 e. The first-order valence-corrected chi connectivity index (χ1v) is 12.1. The Morgan fingerprint density at radius 3 is 2.73 bits per heavy atom. The Bertz CT molecular complexity index is 1270. The highest BCUT2D eigenvalue weighted by Crippen LogP contribution is 2.32. The lowest BCUT2D eigenvalue weighted by atomic mass is 9.97. The summed E-state index contributed by atoms with van der Waals surface area (Å²) in [5.41, 5.74) is 3.93. The summed E-state index contributed by atoms with van der Waals surface area (Å²) < 4.78 is 2.10. The number of benzene rings is 1. The van der Waals surface area contributed by atoms with Gasteiger partial charge in [0.1, 0.15) is 12.0 Å². The molecule has 1 aromatic carbocycles. The van der Waals surface area contributed by atoms with Gasteiger partial charge in [-0.15, -0.1) is 0 Å². The van der Waals surface area contributed by atoms with Crippen LogP contribution < -0.4 is 0 Å². The van der Waals surface area contributed by atoms with Crippen LogP contribution in [-0.2, 0) is 6.54 Å². The van der Waals surface area contributed by atoms with Crippen LogP contribution in [0.15, 0.2) is 49.2 Å². The number of hydrogen-bond donors (Lipinski definition) is 1. The quantitative estimate of drug-likeness (QED) is 0.449. The van der Waals surface area contributed by atoms with Crippen molar-refractivity contribution in [2.75, 3.05) is 26.2 Å². The van der Waals surface area contributed by atoms with Crippen molar-refractivity contribution >= 4 is 34.2 Å². The van der Waals surface area contributed by atoms with Gasteiger partial charge in [0.05, 0.1) is 28.0 Å². The molecule has 2 aliphatic rings. The molecule has 0 atom stereocenters. The second-order valence-electron chi connectivity index (χ2n) is 9.00. The fourth-order valence-corrected chi connectivity index (χ4v) is 5.45. The SMILES string of the molecule is Clc1cccc(CN2CCC(N3CC(n4cc(-c5ncnc6[nH]ccc56)cn4)C3)CC2)c1Cl. The maximum Gasteiger partial charge on any atom is 0.141 e. The van der Waals surface area contributed by atoms with Gasteiger partial charge in [-0.1, -0.05) is 35.3 Å². The highest BCUT2D eigenvalue weighted by atomic mass is 35.5. The molecule has 0 unspecified atom stereocenters. The molecule has 0 saturated carbocycles. The third-order valence-corrected chi connectivity index (χ3v) is 7.85. The molecule has 4 aromatic rings. The first kappa shape index (κ1) is 21.1. The zero-order valence-corrected chi connectivity index (χ0v) is 19.7. The number of halogens is 2. The van der Waals surface area contributed by atoms with E-state index in [2.05, 4.69) is 46.8 Å². The fraction of sp³-hybridized carbons (Fsp3) is 0.375. The summed E-state index contributed by atoms with van der Waals surface area (Å²) in [5.74, 6) is 0. The molecule has 2 fully saturated rings. The molecule has 2 aliphatic heterocycles. The van der Waals surface area contributed by atoms with E-state index in [9.17, 15) is 0 Å². The Labute approximate surface area is 202 Å². The van der Waals surface area contributed by atoms with Crippen molar-refractivity contribution in [3.05, 3.63) is 64.8 Å². The van der Waals surface area contributed by atoms with Crippen LogP contribution >= 0.6 is 23.2 Å². The number of nitrogens with one attached hydrogen (secondary N) is 1. The summed E-state index contributed by atoms with van der Waals surface area (Å²) in [4.78, 5) is 17.0. The molecule has 170 valence electrons. The van der Waals surface area contributed by atoms with Crippen LogP contribution in [0.5, 0.6) is 0 Å². The predicted octanol–water partition coefficient (Wildman–Crippen LogP) is 4.65. The lowest BCUT2D eigenvalue weighted by molar-refractivity contribution is 0.0191. The molecule has 7 nitrogen and oxygen atoms in total. The highest BCUT2D eigenvalue weighted by molar-refractivity contribution is 6.42. The summed E-state index contributed by atoms with van der Waals surface area (Å²) in [6.45, 7) is 5.13. The average Bonchev–Trinajstić information content (AvgIpc) is 3.47. The number of aromatic amines is 1. The molecule has 1 N–H and O–H groups in total. The van der Waals surface area contributed by atoms with E-state index in [-0.39, 0.29) is 0 Å². The van der Waals surface area contributed by atoms with Crippen LogP contribution in [0.25, 0.3) is 22.3 Å². The predicted molar refractivity (Wildman–Crippen MR) is 130 cm³/mol. The van der Waals surface area contributed by atoms with Crippen LogP contribution in [0.2, 0.25) is 10.0 Å². The summed E-state index contributed by atoms with van der Waals surface area (Å²) in [7, 11) is 0. The summed E-state index contributed by atoms with van der Waals surface area (Å²) in [6.07, 6.45) is 9.89. The van der Waals surface area contributed by atoms with E-state index >= 15 is 0 Å². The normalized spacial score (nSPS) is 18.7. The number of piperidine rings is 1. The molecular formula is C24H25Cl2N7. The summed E-state index contributed by atoms with van der Waals surface area (Å²) >= 11 is 12.5. The van der Waals surface area contributed by atoms with Gasteiger partial charge in [0.25, 0.3) is 0 Å². The molecule has 33 heavy (non-hydrogen) atoms. The Kier molecular flexibility index (Phi) is 5.58. The zero-order valence-electron chi connectivity index (χ0n) is 18.2. The Hall–Kier alpha value is -2.45. The maximum absolute atomic E-state index is 6.38. The van der Waals surface area contributed by atoms with Crippen LogP contribution in [0.1, 0.15) is 24.4 Å². The molecule has 3 aromatic heterocycles. The van der Waals surface area contributed by atoms with Crippen molar-refractivity contribution in [2.24, 2.45) is 0 Å². The van der Waals surface area contributed by atoms with Crippen LogP contribution in [0, 0.1) is 0 Å². The first-order chi connectivity index (χ1) is 16.2. The van der Waals surface area contributed by atoms with Gasteiger partial charge in [-0.3, -0.25) is 14.5 Å². The number of H-pyrrole nitrogens is 1. The van der Waals surface area contributed by atoms with E-state index < -0.39 is 0 Å². The third-order valence-electron chi connectivity index (χ3n) is 6.99. The monoisotopic (exact) mass is 481 g/mol. The van der Waals surface area contributed by atoms with E-state index in [0.717, 1.165) is 60.6 Å². The van der Waals surface area contributed by atoms with Gasteiger partial charge in [0.2, 0.25) is 0 Å². The molecule has 6 rings (SSSR count). The Morgan fingerprint density at radius 1 is 1.03 bits per heavy atom. The number of fused-ring (bicyclic) bond motifs is 1. The number of nitrogens with zero attached hydrogens (tertiary/aromatic N) is 6. The van der Waals surface area contributed by atoms with Crippen LogP contribution in [-0.4, -0.2) is 66.8 Å². The lowest BCUT2D eigenvalue weighted by Crippen LogP contribution is -2.55. The zero-order chi connectivity index (χ0) is 22.4. The molecular weight excluding hydrogens is 457 g/mol. The molecule has 2 saturated heterocycles. The van der Waals surface area contributed by atoms with E-state index in [1.54, 1.807) is 6.33 Å². The van der Waals surface area contributed by atoms with E-state index in [4.69, 9.17) is 23.2 Å². The fourth-order valence-electron chi connectivity index (χ4n) is 5.07. The number of hydrogen-bond acceptors (Lipinski definition) is 5. The second kappa shape index (κ2) is 8.72. The van der Waals surface area contributed by atoms with Crippen molar-refractivity contribution in [3.8, 4) is 11.3 Å². The third kappa shape index (κ3) is 4.04. The molecule has 0 amide bonds. The van der Waals surface area contributed by atoms with Gasteiger partial charge in [-0.05, 0) is 43.6 Å². The minimum atomic E-state index is 0.422. The smallest absolute Gasteiger partial charge is 0.141 e. The number of rotatable bonds is 5. The molecule has 0 aliphatic carbocycles. The standard InChI is InChI=1S/C24H25Cl2N7/c25-21-3-1-2-16(22(21)26)11-31-8-5-18(6-9-31)32-13-19(14-32)33-12-17(10-30-33)23-20-4-7-27-24(20)29-15-28-23/h1-4,7,10,12,15,18-19H,5-6,8-9,11,13-14H2,(H,27,28,29). The van der Waals surface area contributed by atoms with E-state index in [0.29, 0.717) is 22.1 Å². The van der Waals surface area contributed by atoms with Gasteiger partial charge in [0, 0.05) is 49.0 Å². The minimum Gasteiger partial charge on any atom is -0.346 e. The number of aromatic nitrogens is 5. The van der Waals surface area contributed by atoms with Gasteiger partial charge < -0.3 is 4.98 Å². The summed E-state index contributed by atoms with van der Waals surface area (Å²) in [6, 6.07) is 8.97. The van der Waals surface area contributed by atoms with Gasteiger partial charge in [-0.25, -0.2) is 9.97 Å². The van der Waals surface area contributed by atoms with Crippen molar-refractivity contribution in [1.29, 1.82) is 0 Å².